The van der Waals surface area contributed by atoms with Crippen LogP contribution in [0.3, 0.4) is 0 Å². The van der Waals surface area contributed by atoms with Crippen molar-refractivity contribution in [1.82, 2.24) is 10.1 Å². The molecule has 2 fully saturated rings. The standard InChI is InChI=1S/C13H21N3O2.ClH/c1-2-9-5-6-10(17-9)11-15-12(16-18-11)13(14)7-3-4-8-13;/h9-10H,2-8,14H2,1H3;1H. The van der Waals surface area contributed by atoms with E-state index in [2.05, 4.69) is 17.1 Å². The molecular weight excluding hydrogens is 266 g/mol. The van der Waals surface area contributed by atoms with Crippen LogP contribution in [0.4, 0.5) is 0 Å². The quantitative estimate of drug-likeness (QED) is 0.925. The van der Waals surface area contributed by atoms with Crippen molar-refractivity contribution in [2.24, 2.45) is 5.73 Å². The van der Waals surface area contributed by atoms with Gasteiger partial charge in [-0.25, -0.2) is 0 Å². The molecule has 19 heavy (non-hydrogen) atoms. The fraction of sp³-hybridized carbons (Fsp3) is 0.846. The summed E-state index contributed by atoms with van der Waals surface area (Å²) in [6.45, 7) is 2.14. The van der Waals surface area contributed by atoms with E-state index in [0.717, 1.165) is 44.9 Å². The molecule has 6 heteroatoms. The number of nitrogens with zero attached hydrogens (tertiary/aromatic N) is 2. The minimum Gasteiger partial charge on any atom is -0.365 e. The predicted octanol–water partition coefficient (Wildman–Crippen LogP) is 2.85. The average molecular weight is 288 g/mol. The largest absolute Gasteiger partial charge is 0.365 e. The number of hydrogen-bond acceptors (Lipinski definition) is 5. The van der Waals surface area contributed by atoms with Gasteiger partial charge in [-0.15, -0.1) is 12.4 Å². The van der Waals surface area contributed by atoms with Crippen molar-refractivity contribution < 1.29 is 9.26 Å². The van der Waals surface area contributed by atoms with E-state index in [4.69, 9.17) is 15.0 Å². The number of halogens is 1. The first-order valence-corrected chi connectivity index (χ1v) is 7.00. The van der Waals surface area contributed by atoms with Crippen molar-refractivity contribution in [3.8, 4) is 0 Å². The van der Waals surface area contributed by atoms with E-state index in [9.17, 15) is 0 Å². The minimum absolute atomic E-state index is 0. The van der Waals surface area contributed by atoms with Crippen LogP contribution in [0.2, 0.25) is 0 Å². The van der Waals surface area contributed by atoms with Crippen molar-refractivity contribution in [2.75, 3.05) is 0 Å². The van der Waals surface area contributed by atoms with Crippen molar-refractivity contribution in [3.05, 3.63) is 11.7 Å². The van der Waals surface area contributed by atoms with Gasteiger partial charge in [0.1, 0.15) is 6.10 Å². The van der Waals surface area contributed by atoms with Gasteiger partial charge in [-0.05, 0) is 32.1 Å². The fourth-order valence-corrected chi connectivity index (χ4v) is 2.99. The Bertz CT molecular complexity index is 418. The summed E-state index contributed by atoms with van der Waals surface area (Å²) in [6, 6.07) is 0. The second-order valence-electron chi connectivity index (χ2n) is 5.55. The van der Waals surface area contributed by atoms with Crippen molar-refractivity contribution in [3.63, 3.8) is 0 Å². The van der Waals surface area contributed by atoms with Gasteiger partial charge < -0.3 is 15.0 Å². The van der Waals surface area contributed by atoms with Crippen LogP contribution in [-0.2, 0) is 10.3 Å². The summed E-state index contributed by atoms with van der Waals surface area (Å²) in [5.74, 6) is 1.27. The average Bonchev–Trinajstić information content (AvgIpc) is 3.08. The summed E-state index contributed by atoms with van der Waals surface area (Å²) in [5, 5.41) is 4.07. The summed E-state index contributed by atoms with van der Waals surface area (Å²) < 4.78 is 11.2. The molecule has 1 aromatic heterocycles. The van der Waals surface area contributed by atoms with Gasteiger partial charge in [-0.1, -0.05) is 24.9 Å². The molecule has 108 valence electrons. The molecule has 3 rings (SSSR count). The van der Waals surface area contributed by atoms with Crippen molar-refractivity contribution in [2.45, 2.75) is 69.6 Å². The molecule has 2 unspecified atom stereocenters. The maximum atomic E-state index is 6.32. The van der Waals surface area contributed by atoms with E-state index >= 15 is 0 Å². The zero-order valence-electron chi connectivity index (χ0n) is 11.3. The van der Waals surface area contributed by atoms with Gasteiger partial charge in [-0.2, -0.15) is 4.98 Å². The smallest absolute Gasteiger partial charge is 0.255 e. The third-order valence-corrected chi connectivity index (χ3v) is 4.22. The molecule has 1 saturated heterocycles. The van der Waals surface area contributed by atoms with Crippen LogP contribution in [0.25, 0.3) is 0 Å². The molecule has 0 spiro atoms. The Hall–Kier alpha value is -0.650. The first-order valence-electron chi connectivity index (χ1n) is 7.00. The summed E-state index contributed by atoms with van der Waals surface area (Å²) >= 11 is 0. The Morgan fingerprint density at radius 2 is 2.05 bits per heavy atom. The number of nitrogens with two attached hydrogens (primary N) is 1. The first kappa shape index (κ1) is 14.8. The Morgan fingerprint density at radius 1 is 1.32 bits per heavy atom. The molecule has 1 aromatic rings. The SMILES string of the molecule is CCC1CCC(c2nc(C3(N)CCCC3)no2)O1.Cl. The summed E-state index contributed by atoms with van der Waals surface area (Å²) in [7, 11) is 0. The summed E-state index contributed by atoms with van der Waals surface area (Å²) in [5.41, 5.74) is 5.95. The molecule has 2 heterocycles. The molecule has 0 aromatic carbocycles. The van der Waals surface area contributed by atoms with Crippen LogP contribution in [0.15, 0.2) is 4.52 Å². The van der Waals surface area contributed by atoms with Gasteiger partial charge in [-0.3, -0.25) is 0 Å². The molecule has 2 atom stereocenters. The van der Waals surface area contributed by atoms with E-state index in [-0.39, 0.29) is 24.0 Å². The number of rotatable bonds is 3. The van der Waals surface area contributed by atoms with Crippen LogP contribution in [0, 0.1) is 0 Å². The van der Waals surface area contributed by atoms with Gasteiger partial charge >= 0.3 is 0 Å². The van der Waals surface area contributed by atoms with E-state index < -0.39 is 0 Å². The van der Waals surface area contributed by atoms with Gasteiger partial charge in [0, 0.05) is 0 Å². The third-order valence-electron chi connectivity index (χ3n) is 4.22. The molecule has 1 aliphatic heterocycles. The normalized spacial score (nSPS) is 29.4. The highest BCUT2D eigenvalue weighted by molar-refractivity contribution is 5.85. The maximum absolute atomic E-state index is 6.32. The van der Waals surface area contributed by atoms with E-state index in [1.165, 1.54) is 0 Å². The number of hydrogen-bond donors (Lipinski definition) is 1. The molecule has 2 aliphatic rings. The van der Waals surface area contributed by atoms with Crippen LogP contribution in [-0.4, -0.2) is 16.2 Å². The topological polar surface area (TPSA) is 74.2 Å². The second kappa shape index (κ2) is 5.77. The molecule has 2 N–H and O–H groups in total. The lowest BCUT2D eigenvalue weighted by Crippen LogP contribution is -2.34. The van der Waals surface area contributed by atoms with Crippen LogP contribution >= 0.6 is 12.4 Å². The van der Waals surface area contributed by atoms with E-state index in [1.54, 1.807) is 0 Å². The van der Waals surface area contributed by atoms with Crippen molar-refractivity contribution >= 4 is 12.4 Å². The Kier molecular flexibility index (Phi) is 4.48. The van der Waals surface area contributed by atoms with Gasteiger partial charge in [0.2, 0.25) is 0 Å². The second-order valence-corrected chi connectivity index (χ2v) is 5.55. The fourth-order valence-electron chi connectivity index (χ4n) is 2.99. The van der Waals surface area contributed by atoms with Gasteiger partial charge in [0.05, 0.1) is 11.6 Å². The summed E-state index contributed by atoms with van der Waals surface area (Å²) in [4.78, 5) is 4.49. The maximum Gasteiger partial charge on any atom is 0.255 e. The first-order chi connectivity index (χ1) is 8.71. The number of aromatic nitrogens is 2. The molecule has 0 radical (unpaired) electrons. The molecule has 1 saturated carbocycles. The third kappa shape index (κ3) is 2.78. The molecule has 0 bridgehead atoms. The van der Waals surface area contributed by atoms with Crippen LogP contribution < -0.4 is 5.73 Å². The molecular formula is C13H22ClN3O2. The Labute approximate surface area is 119 Å². The highest BCUT2D eigenvalue weighted by atomic mass is 35.5. The monoisotopic (exact) mass is 287 g/mol. The van der Waals surface area contributed by atoms with Crippen LogP contribution in [0.1, 0.15) is 69.7 Å². The van der Waals surface area contributed by atoms with Gasteiger partial charge in [0.25, 0.3) is 5.89 Å². The Balaban J connectivity index is 0.00000133. The molecule has 1 aliphatic carbocycles. The van der Waals surface area contributed by atoms with E-state index in [0.29, 0.717) is 17.8 Å². The minimum atomic E-state index is -0.371. The van der Waals surface area contributed by atoms with Crippen molar-refractivity contribution in [1.29, 1.82) is 0 Å². The summed E-state index contributed by atoms with van der Waals surface area (Å²) in [6.07, 6.45) is 7.60. The lowest BCUT2D eigenvalue weighted by molar-refractivity contribution is 0.0245. The molecule has 5 nitrogen and oxygen atoms in total. The highest BCUT2D eigenvalue weighted by Crippen LogP contribution is 2.37. The Morgan fingerprint density at radius 3 is 2.68 bits per heavy atom. The molecule has 0 amide bonds. The number of ether oxygens (including phenoxy) is 1. The van der Waals surface area contributed by atoms with Gasteiger partial charge in [0.15, 0.2) is 5.82 Å². The zero-order chi connectivity index (χ0) is 12.6. The highest BCUT2D eigenvalue weighted by Gasteiger charge is 2.37. The predicted molar refractivity (Wildman–Crippen MR) is 73.0 cm³/mol. The van der Waals surface area contributed by atoms with Crippen LogP contribution in [0.5, 0.6) is 0 Å². The lowest BCUT2D eigenvalue weighted by atomic mass is 9.99. The zero-order valence-corrected chi connectivity index (χ0v) is 12.1. The van der Waals surface area contributed by atoms with E-state index in [1.807, 2.05) is 0 Å². The lowest BCUT2D eigenvalue weighted by Gasteiger charge is -2.17.